The van der Waals surface area contributed by atoms with E-state index >= 15 is 0 Å². The average Bonchev–Trinajstić information content (AvgIpc) is 2.89. The lowest BCUT2D eigenvalue weighted by atomic mass is 9.67. The second-order valence-electron chi connectivity index (χ2n) is 11.6. The van der Waals surface area contributed by atoms with Crippen LogP contribution in [0.15, 0.2) is 29.2 Å². The first-order chi connectivity index (χ1) is 18.0. The van der Waals surface area contributed by atoms with Crippen molar-refractivity contribution in [2.24, 2.45) is 5.41 Å². The van der Waals surface area contributed by atoms with Gasteiger partial charge in [0.1, 0.15) is 5.65 Å². The van der Waals surface area contributed by atoms with Gasteiger partial charge in [-0.1, -0.05) is 19.4 Å². The fourth-order valence-corrected chi connectivity index (χ4v) is 6.52. The van der Waals surface area contributed by atoms with Gasteiger partial charge >= 0.3 is 0 Å². The van der Waals surface area contributed by atoms with Crippen molar-refractivity contribution in [3.63, 3.8) is 0 Å². The normalized spacial score (nSPS) is 24.4. The van der Waals surface area contributed by atoms with Crippen LogP contribution in [0.4, 0.5) is 11.6 Å². The lowest BCUT2D eigenvalue weighted by Gasteiger charge is -2.41. The standard InChI is InChI=1S/C29H40N6O2/c1-3-29(11-4-12-29)19-31-28-30-18-25-23-10-7-21(34-15-13-33(2)14-16-34)17-24(23)27(37)35(26(25)32-28)20-5-8-22(36)9-6-20/h7,10,17-18,20,22,36H,3-6,8-9,11-16,19H2,1-2H3,(H,30,31,32)/t20-,22-. The van der Waals surface area contributed by atoms with Crippen molar-refractivity contribution >= 4 is 33.4 Å². The molecular formula is C29H40N6O2. The van der Waals surface area contributed by atoms with E-state index in [9.17, 15) is 9.90 Å². The second kappa shape index (κ2) is 9.87. The van der Waals surface area contributed by atoms with Crippen LogP contribution in [0.3, 0.4) is 0 Å². The van der Waals surface area contributed by atoms with Crippen LogP contribution in [-0.4, -0.2) is 70.4 Å². The summed E-state index contributed by atoms with van der Waals surface area (Å²) >= 11 is 0. The Labute approximate surface area is 218 Å². The number of aromatic nitrogens is 3. The summed E-state index contributed by atoms with van der Waals surface area (Å²) in [6.07, 6.45) is 9.57. The van der Waals surface area contributed by atoms with Gasteiger partial charge in [0.2, 0.25) is 5.95 Å². The Bertz CT molecular complexity index is 1330. The van der Waals surface area contributed by atoms with E-state index in [0.29, 0.717) is 29.9 Å². The molecule has 3 fully saturated rings. The van der Waals surface area contributed by atoms with Crippen molar-refractivity contribution in [3.05, 3.63) is 34.7 Å². The van der Waals surface area contributed by atoms with E-state index in [1.165, 1.54) is 19.3 Å². The molecule has 6 rings (SSSR count). The number of rotatable bonds is 6. The molecule has 37 heavy (non-hydrogen) atoms. The Balaban J connectivity index is 1.43. The zero-order valence-corrected chi connectivity index (χ0v) is 22.2. The third-order valence-corrected chi connectivity index (χ3v) is 9.42. The van der Waals surface area contributed by atoms with Gasteiger partial charge in [-0.2, -0.15) is 4.98 Å². The number of hydrogen-bond donors (Lipinski definition) is 2. The average molecular weight is 505 g/mol. The van der Waals surface area contributed by atoms with Gasteiger partial charge in [-0.05, 0) is 74.9 Å². The van der Waals surface area contributed by atoms with Crippen LogP contribution >= 0.6 is 0 Å². The molecule has 0 unspecified atom stereocenters. The van der Waals surface area contributed by atoms with Crippen molar-refractivity contribution in [3.8, 4) is 0 Å². The second-order valence-corrected chi connectivity index (χ2v) is 11.6. The van der Waals surface area contributed by atoms with Crippen LogP contribution in [0.25, 0.3) is 21.8 Å². The highest BCUT2D eigenvalue weighted by Crippen LogP contribution is 2.43. The van der Waals surface area contributed by atoms with E-state index in [1.807, 2.05) is 10.8 Å². The summed E-state index contributed by atoms with van der Waals surface area (Å²) in [7, 11) is 2.15. The molecule has 0 amide bonds. The summed E-state index contributed by atoms with van der Waals surface area (Å²) in [5.74, 6) is 0.602. The highest BCUT2D eigenvalue weighted by molar-refractivity contribution is 6.05. The molecule has 0 spiro atoms. The van der Waals surface area contributed by atoms with Crippen LogP contribution in [0.1, 0.15) is 64.3 Å². The third kappa shape index (κ3) is 4.59. The van der Waals surface area contributed by atoms with Crippen LogP contribution < -0.4 is 15.8 Å². The minimum Gasteiger partial charge on any atom is -0.393 e. The van der Waals surface area contributed by atoms with Crippen molar-refractivity contribution < 1.29 is 5.11 Å². The maximum Gasteiger partial charge on any atom is 0.260 e. The van der Waals surface area contributed by atoms with Crippen LogP contribution in [0.5, 0.6) is 0 Å². The molecule has 0 radical (unpaired) electrons. The largest absolute Gasteiger partial charge is 0.393 e. The van der Waals surface area contributed by atoms with Gasteiger partial charge in [-0.25, -0.2) is 4.98 Å². The maximum absolute atomic E-state index is 14.1. The maximum atomic E-state index is 14.1. The van der Waals surface area contributed by atoms with Crippen LogP contribution in [-0.2, 0) is 0 Å². The first kappa shape index (κ1) is 24.6. The Morgan fingerprint density at radius 1 is 1.05 bits per heavy atom. The summed E-state index contributed by atoms with van der Waals surface area (Å²) in [4.78, 5) is 28.5. The number of benzene rings is 1. The lowest BCUT2D eigenvalue weighted by molar-refractivity contribution is 0.111. The first-order valence-corrected chi connectivity index (χ1v) is 14.2. The predicted octanol–water partition coefficient (Wildman–Crippen LogP) is 4.16. The Morgan fingerprint density at radius 3 is 2.49 bits per heavy atom. The smallest absolute Gasteiger partial charge is 0.260 e. The molecule has 3 heterocycles. The number of piperazine rings is 1. The summed E-state index contributed by atoms with van der Waals surface area (Å²) in [5.41, 5.74) is 2.18. The molecular weight excluding hydrogens is 464 g/mol. The number of fused-ring (bicyclic) bond motifs is 3. The highest BCUT2D eigenvalue weighted by atomic mass is 16.3. The Hall–Kier alpha value is -2.71. The van der Waals surface area contributed by atoms with E-state index in [0.717, 1.165) is 73.8 Å². The van der Waals surface area contributed by atoms with Crippen molar-refractivity contribution in [2.45, 2.75) is 70.4 Å². The topological polar surface area (TPSA) is 86.5 Å². The number of pyridine rings is 1. The number of nitrogens with zero attached hydrogens (tertiary/aromatic N) is 5. The molecule has 0 bridgehead atoms. The number of aliphatic hydroxyl groups is 1. The van der Waals surface area contributed by atoms with Crippen LogP contribution in [0.2, 0.25) is 0 Å². The van der Waals surface area contributed by atoms with Gasteiger partial charge in [0.15, 0.2) is 0 Å². The number of likely N-dealkylation sites (N-methyl/N-ethyl adjacent to an activating group) is 1. The zero-order valence-electron chi connectivity index (χ0n) is 22.2. The third-order valence-electron chi connectivity index (χ3n) is 9.42. The molecule has 2 aromatic heterocycles. The van der Waals surface area contributed by atoms with Crippen molar-refractivity contribution in [2.75, 3.05) is 50.0 Å². The minimum atomic E-state index is -0.276. The lowest BCUT2D eigenvalue weighted by Crippen LogP contribution is -2.44. The SMILES string of the molecule is CCC1(CNc2ncc3c4ccc(N5CCN(C)CC5)cc4c(=O)n([C@H]4CC[C@H](O)CC4)c3n2)CCC1. The number of hydrogen-bond acceptors (Lipinski definition) is 7. The molecule has 2 saturated carbocycles. The monoisotopic (exact) mass is 504 g/mol. The quantitative estimate of drug-likeness (QED) is 0.488. The molecule has 3 aliphatic rings. The van der Waals surface area contributed by atoms with E-state index in [2.05, 4.69) is 47.3 Å². The summed E-state index contributed by atoms with van der Waals surface area (Å²) < 4.78 is 1.92. The fourth-order valence-electron chi connectivity index (χ4n) is 6.52. The van der Waals surface area contributed by atoms with Crippen molar-refractivity contribution in [1.29, 1.82) is 0 Å². The van der Waals surface area contributed by atoms with E-state index < -0.39 is 0 Å². The summed E-state index contributed by atoms with van der Waals surface area (Å²) in [6.45, 7) is 7.10. The molecule has 2 aliphatic carbocycles. The molecule has 198 valence electrons. The van der Waals surface area contributed by atoms with Gasteiger partial charge < -0.3 is 20.2 Å². The fraction of sp³-hybridized carbons (Fsp3) is 0.621. The molecule has 1 saturated heterocycles. The molecule has 8 nitrogen and oxygen atoms in total. The molecule has 1 aromatic carbocycles. The highest BCUT2D eigenvalue weighted by Gasteiger charge is 2.35. The summed E-state index contributed by atoms with van der Waals surface area (Å²) in [6, 6.07) is 6.33. The molecule has 3 aromatic rings. The number of nitrogens with one attached hydrogen (secondary N) is 1. The zero-order chi connectivity index (χ0) is 25.6. The number of aliphatic hydroxyl groups excluding tert-OH is 1. The van der Waals surface area contributed by atoms with Gasteiger partial charge in [-0.3, -0.25) is 9.36 Å². The van der Waals surface area contributed by atoms with Crippen molar-refractivity contribution in [1.82, 2.24) is 19.4 Å². The Kier molecular flexibility index (Phi) is 6.57. The Morgan fingerprint density at radius 2 is 1.81 bits per heavy atom. The van der Waals surface area contributed by atoms with Gasteiger partial charge in [0.05, 0.1) is 11.5 Å². The molecule has 1 aliphatic heterocycles. The van der Waals surface area contributed by atoms with E-state index in [-0.39, 0.29) is 17.7 Å². The van der Waals surface area contributed by atoms with Crippen LogP contribution in [0, 0.1) is 5.41 Å². The predicted molar refractivity (Wildman–Crippen MR) is 150 cm³/mol. The number of anilines is 2. The summed E-state index contributed by atoms with van der Waals surface area (Å²) in [5, 5.41) is 16.2. The molecule has 8 heteroatoms. The first-order valence-electron chi connectivity index (χ1n) is 14.2. The van der Waals surface area contributed by atoms with Gasteiger partial charge in [0.25, 0.3) is 5.56 Å². The van der Waals surface area contributed by atoms with Gasteiger partial charge in [-0.15, -0.1) is 0 Å². The van der Waals surface area contributed by atoms with E-state index in [1.54, 1.807) is 0 Å². The van der Waals surface area contributed by atoms with E-state index in [4.69, 9.17) is 9.97 Å². The molecule has 0 atom stereocenters. The van der Waals surface area contributed by atoms with Gasteiger partial charge in [0, 0.05) is 56.0 Å². The minimum absolute atomic E-state index is 0.0218. The molecule has 2 N–H and O–H groups in total.